The Morgan fingerprint density at radius 2 is 1.57 bits per heavy atom. The van der Waals surface area contributed by atoms with Gasteiger partial charge in [-0.2, -0.15) is 0 Å². The van der Waals surface area contributed by atoms with E-state index >= 15 is 0 Å². The largest absolute Gasteiger partial charge is 0.354 e. The average Bonchev–Trinajstić information content (AvgIpc) is 2.87. The number of amides is 2. The van der Waals surface area contributed by atoms with Crippen LogP contribution in [0.15, 0.2) is 72.8 Å². The standard InChI is InChI=1S/C28H29Cl2N3O4/c1-19(2)17-31-28(35)26(15-20-9-4-3-5-10-20)32(18-22-23(29)12-8-13-24(22)30)27(34)16-21-11-6-7-14-25(21)33(36)37/h3-14,19,26H,15-18H2,1-2H3,(H,31,35). The number of nitrogens with zero attached hydrogens (tertiary/aromatic N) is 2. The minimum absolute atomic E-state index is 0.0371. The van der Waals surface area contributed by atoms with Crippen LogP contribution in [-0.4, -0.2) is 34.2 Å². The van der Waals surface area contributed by atoms with Crippen molar-refractivity contribution in [3.8, 4) is 0 Å². The summed E-state index contributed by atoms with van der Waals surface area (Å²) >= 11 is 12.9. The van der Waals surface area contributed by atoms with Gasteiger partial charge in [0.05, 0.1) is 11.3 Å². The molecule has 7 nitrogen and oxygen atoms in total. The molecule has 0 bridgehead atoms. The Balaban J connectivity index is 2.05. The van der Waals surface area contributed by atoms with Crippen LogP contribution in [0.1, 0.15) is 30.5 Å². The number of para-hydroxylation sites is 1. The second kappa shape index (κ2) is 13.2. The number of nitro benzene ring substituents is 1. The van der Waals surface area contributed by atoms with Gasteiger partial charge in [-0.15, -0.1) is 0 Å². The van der Waals surface area contributed by atoms with E-state index in [1.165, 1.54) is 11.0 Å². The van der Waals surface area contributed by atoms with Gasteiger partial charge in [-0.05, 0) is 23.6 Å². The van der Waals surface area contributed by atoms with Crippen molar-refractivity contribution < 1.29 is 14.5 Å². The summed E-state index contributed by atoms with van der Waals surface area (Å²) in [7, 11) is 0. The van der Waals surface area contributed by atoms with Crippen LogP contribution >= 0.6 is 23.2 Å². The van der Waals surface area contributed by atoms with Gasteiger partial charge in [0.1, 0.15) is 6.04 Å². The van der Waals surface area contributed by atoms with E-state index in [9.17, 15) is 19.7 Å². The summed E-state index contributed by atoms with van der Waals surface area (Å²) in [4.78, 5) is 39.8. The molecule has 3 aromatic rings. The van der Waals surface area contributed by atoms with E-state index in [-0.39, 0.29) is 42.5 Å². The van der Waals surface area contributed by atoms with E-state index in [2.05, 4.69) is 5.32 Å². The molecule has 0 radical (unpaired) electrons. The van der Waals surface area contributed by atoms with Crippen LogP contribution in [-0.2, 0) is 29.0 Å². The van der Waals surface area contributed by atoms with Crippen molar-refractivity contribution >= 4 is 40.7 Å². The molecule has 2 amide bonds. The molecule has 0 spiro atoms. The first-order chi connectivity index (χ1) is 17.7. The highest BCUT2D eigenvalue weighted by Crippen LogP contribution is 2.28. The van der Waals surface area contributed by atoms with Crippen LogP contribution in [0.3, 0.4) is 0 Å². The Labute approximate surface area is 226 Å². The van der Waals surface area contributed by atoms with Gasteiger partial charge in [0, 0.05) is 46.7 Å². The molecule has 0 aliphatic heterocycles. The van der Waals surface area contributed by atoms with Crippen molar-refractivity contribution in [3.05, 3.63) is 110 Å². The Morgan fingerprint density at radius 3 is 2.19 bits per heavy atom. The van der Waals surface area contributed by atoms with Crippen LogP contribution in [0.2, 0.25) is 10.0 Å². The molecule has 0 aliphatic rings. The number of halogens is 2. The molecule has 0 saturated heterocycles. The maximum atomic E-state index is 13.8. The first kappa shape index (κ1) is 28.2. The normalized spacial score (nSPS) is 11.7. The molecule has 1 N–H and O–H groups in total. The lowest BCUT2D eigenvalue weighted by Crippen LogP contribution is -2.51. The fourth-order valence-electron chi connectivity index (χ4n) is 3.93. The minimum atomic E-state index is -0.899. The molecular weight excluding hydrogens is 513 g/mol. The van der Waals surface area contributed by atoms with Crippen LogP contribution < -0.4 is 5.32 Å². The molecule has 0 fully saturated rings. The molecule has 1 unspecified atom stereocenters. The number of hydrogen-bond donors (Lipinski definition) is 1. The summed E-state index contributed by atoms with van der Waals surface area (Å²) in [5.74, 6) is -0.571. The third-order valence-corrected chi connectivity index (χ3v) is 6.58. The van der Waals surface area contributed by atoms with Gasteiger partial charge in [0.25, 0.3) is 5.69 Å². The van der Waals surface area contributed by atoms with Crippen molar-refractivity contribution in [3.63, 3.8) is 0 Å². The fourth-order valence-corrected chi connectivity index (χ4v) is 4.45. The van der Waals surface area contributed by atoms with Gasteiger partial charge in [0.15, 0.2) is 0 Å². The Bertz CT molecular complexity index is 1230. The van der Waals surface area contributed by atoms with Crippen LogP contribution in [0, 0.1) is 16.0 Å². The van der Waals surface area contributed by atoms with E-state index in [1.54, 1.807) is 36.4 Å². The van der Waals surface area contributed by atoms with Gasteiger partial charge >= 0.3 is 0 Å². The molecule has 194 valence electrons. The third-order valence-electron chi connectivity index (χ3n) is 5.88. The van der Waals surface area contributed by atoms with E-state index in [0.717, 1.165) is 5.56 Å². The van der Waals surface area contributed by atoms with Crippen molar-refractivity contribution in [1.82, 2.24) is 10.2 Å². The van der Waals surface area contributed by atoms with Gasteiger partial charge in [-0.25, -0.2) is 0 Å². The predicted molar refractivity (Wildman–Crippen MR) is 146 cm³/mol. The number of carbonyl (C=O) groups excluding carboxylic acids is 2. The summed E-state index contributed by atoms with van der Waals surface area (Å²) in [6.45, 7) is 4.36. The van der Waals surface area contributed by atoms with Crippen LogP contribution in [0.25, 0.3) is 0 Å². The van der Waals surface area contributed by atoms with E-state index in [4.69, 9.17) is 23.2 Å². The molecule has 0 aromatic heterocycles. The molecule has 3 rings (SSSR count). The average molecular weight is 542 g/mol. The molecule has 3 aromatic carbocycles. The zero-order valence-electron chi connectivity index (χ0n) is 20.7. The van der Waals surface area contributed by atoms with Crippen molar-refractivity contribution in [1.29, 1.82) is 0 Å². The summed E-state index contributed by atoms with van der Waals surface area (Å²) in [5, 5.41) is 15.2. The number of nitro groups is 1. The number of rotatable bonds is 11. The molecule has 0 heterocycles. The van der Waals surface area contributed by atoms with Crippen LogP contribution in [0.5, 0.6) is 0 Å². The zero-order chi connectivity index (χ0) is 26.9. The first-order valence-electron chi connectivity index (χ1n) is 11.9. The number of nitrogens with one attached hydrogen (secondary N) is 1. The topological polar surface area (TPSA) is 92.6 Å². The lowest BCUT2D eigenvalue weighted by atomic mass is 10.0. The maximum absolute atomic E-state index is 13.8. The highest BCUT2D eigenvalue weighted by molar-refractivity contribution is 6.36. The van der Waals surface area contributed by atoms with E-state index < -0.39 is 16.9 Å². The molecule has 1 atom stereocenters. The van der Waals surface area contributed by atoms with Crippen LogP contribution in [0.4, 0.5) is 5.69 Å². The molecule has 9 heteroatoms. The molecule has 0 saturated carbocycles. The smallest absolute Gasteiger partial charge is 0.273 e. The zero-order valence-corrected chi connectivity index (χ0v) is 22.2. The van der Waals surface area contributed by atoms with Crippen molar-refractivity contribution in [2.24, 2.45) is 5.92 Å². The van der Waals surface area contributed by atoms with Crippen molar-refractivity contribution in [2.75, 3.05) is 6.54 Å². The van der Waals surface area contributed by atoms with Crippen molar-refractivity contribution in [2.45, 2.75) is 39.3 Å². The highest BCUT2D eigenvalue weighted by atomic mass is 35.5. The Morgan fingerprint density at radius 1 is 0.946 bits per heavy atom. The molecular formula is C28H29Cl2N3O4. The van der Waals surface area contributed by atoms with Gasteiger partial charge < -0.3 is 10.2 Å². The first-order valence-corrected chi connectivity index (χ1v) is 12.7. The molecule has 0 aliphatic carbocycles. The van der Waals surface area contributed by atoms with Gasteiger partial charge in [-0.1, -0.05) is 91.6 Å². The van der Waals surface area contributed by atoms with E-state index in [1.807, 2.05) is 44.2 Å². The second-order valence-electron chi connectivity index (χ2n) is 9.13. The Kier molecular flexibility index (Phi) is 10.1. The predicted octanol–water partition coefficient (Wildman–Crippen LogP) is 5.86. The maximum Gasteiger partial charge on any atom is 0.273 e. The summed E-state index contributed by atoms with van der Waals surface area (Å²) < 4.78 is 0. The fraction of sp³-hybridized carbons (Fsp3) is 0.286. The second-order valence-corrected chi connectivity index (χ2v) is 9.94. The van der Waals surface area contributed by atoms with Gasteiger partial charge in [-0.3, -0.25) is 19.7 Å². The minimum Gasteiger partial charge on any atom is -0.354 e. The SMILES string of the molecule is CC(C)CNC(=O)C(Cc1ccccc1)N(Cc1c(Cl)cccc1Cl)C(=O)Cc1ccccc1[N+](=O)[O-]. The van der Waals surface area contributed by atoms with Gasteiger partial charge in [0.2, 0.25) is 11.8 Å². The quantitative estimate of drug-likeness (QED) is 0.243. The summed E-state index contributed by atoms with van der Waals surface area (Å²) in [6, 6.07) is 19.6. The molecule has 37 heavy (non-hydrogen) atoms. The number of carbonyl (C=O) groups is 2. The number of hydrogen-bond acceptors (Lipinski definition) is 4. The lowest BCUT2D eigenvalue weighted by Gasteiger charge is -2.32. The summed E-state index contributed by atoms with van der Waals surface area (Å²) in [6.07, 6.45) is -0.0164. The summed E-state index contributed by atoms with van der Waals surface area (Å²) in [5.41, 5.74) is 1.46. The van der Waals surface area contributed by atoms with E-state index in [0.29, 0.717) is 22.2 Å². The monoisotopic (exact) mass is 541 g/mol. The highest BCUT2D eigenvalue weighted by Gasteiger charge is 2.32. The third kappa shape index (κ3) is 7.78. The lowest BCUT2D eigenvalue weighted by molar-refractivity contribution is -0.385. The Hall–Kier alpha value is -3.42. The number of benzene rings is 3.